The van der Waals surface area contributed by atoms with E-state index >= 15 is 0 Å². The van der Waals surface area contributed by atoms with Crippen molar-refractivity contribution in [1.82, 2.24) is 10.3 Å². The van der Waals surface area contributed by atoms with Crippen LogP contribution >= 0.6 is 11.3 Å². The normalized spacial score (nSPS) is 10.3. The van der Waals surface area contributed by atoms with Gasteiger partial charge in [-0.25, -0.2) is 4.98 Å². The molecule has 1 aromatic heterocycles. The first kappa shape index (κ1) is 22.1. The molecule has 1 amide bonds. The highest BCUT2D eigenvalue weighted by molar-refractivity contribution is 7.13. The van der Waals surface area contributed by atoms with Gasteiger partial charge in [0.2, 0.25) is 0 Å². The second-order valence-corrected chi connectivity index (χ2v) is 7.12. The molecule has 0 unspecified atom stereocenters. The summed E-state index contributed by atoms with van der Waals surface area (Å²) in [6, 6.07) is 12.1. The van der Waals surface area contributed by atoms with Gasteiger partial charge in [0.05, 0.1) is 32.6 Å². The van der Waals surface area contributed by atoms with E-state index in [1.54, 1.807) is 57.0 Å². The summed E-state index contributed by atoms with van der Waals surface area (Å²) in [5.41, 5.74) is 1.81. The molecule has 2 aromatic carbocycles. The quantitative estimate of drug-likeness (QED) is 0.508. The molecule has 0 atom stereocenters. The van der Waals surface area contributed by atoms with Crippen molar-refractivity contribution in [3.63, 3.8) is 0 Å². The van der Waals surface area contributed by atoms with Crippen LogP contribution in [0.15, 0.2) is 47.8 Å². The molecule has 0 saturated carbocycles. The van der Waals surface area contributed by atoms with Crippen LogP contribution in [0, 0.1) is 0 Å². The van der Waals surface area contributed by atoms with E-state index in [0.29, 0.717) is 28.5 Å². The minimum Gasteiger partial charge on any atom is -0.497 e. The van der Waals surface area contributed by atoms with E-state index in [4.69, 9.17) is 18.9 Å². The third-order valence-electron chi connectivity index (χ3n) is 4.31. The summed E-state index contributed by atoms with van der Waals surface area (Å²) in [5, 5.41) is 5.05. The molecule has 0 aliphatic rings. The highest BCUT2D eigenvalue weighted by Gasteiger charge is 2.15. The van der Waals surface area contributed by atoms with E-state index < -0.39 is 5.97 Å². The zero-order valence-corrected chi connectivity index (χ0v) is 18.2. The van der Waals surface area contributed by atoms with Crippen molar-refractivity contribution in [1.29, 1.82) is 0 Å². The largest absolute Gasteiger partial charge is 0.497 e. The number of thiazole rings is 1. The highest BCUT2D eigenvalue weighted by atomic mass is 32.1. The first-order valence-electron chi connectivity index (χ1n) is 9.29. The highest BCUT2D eigenvalue weighted by Crippen LogP contribution is 2.38. The number of methoxy groups -OCH3 is 3. The van der Waals surface area contributed by atoms with Gasteiger partial charge in [-0.3, -0.25) is 9.59 Å². The lowest BCUT2D eigenvalue weighted by atomic mass is 10.2. The van der Waals surface area contributed by atoms with Gasteiger partial charge in [-0.1, -0.05) is 6.07 Å². The summed E-state index contributed by atoms with van der Waals surface area (Å²) in [7, 11) is 4.68. The summed E-state index contributed by atoms with van der Waals surface area (Å²) in [6.45, 7) is -0.244. The number of para-hydroxylation sites is 1. The number of hydrogen-bond donors (Lipinski definition) is 1. The van der Waals surface area contributed by atoms with Crippen LogP contribution in [0.2, 0.25) is 0 Å². The summed E-state index contributed by atoms with van der Waals surface area (Å²) in [6.07, 6.45) is 0. The van der Waals surface area contributed by atoms with Crippen molar-refractivity contribution in [2.45, 2.75) is 6.61 Å². The van der Waals surface area contributed by atoms with Crippen LogP contribution in [-0.2, 0) is 16.1 Å². The Morgan fingerprint density at radius 3 is 2.45 bits per heavy atom. The van der Waals surface area contributed by atoms with E-state index in [-0.39, 0.29) is 19.1 Å². The van der Waals surface area contributed by atoms with Crippen molar-refractivity contribution >= 4 is 23.2 Å². The summed E-state index contributed by atoms with van der Waals surface area (Å²) in [5.74, 6) is 0.904. The maximum Gasteiger partial charge on any atom is 0.325 e. The molecule has 0 saturated heterocycles. The van der Waals surface area contributed by atoms with Gasteiger partial charge in [0.1, 0.15) is 23.9 Å². The smallest absolute Gasteiger partial charge is 0.325 e. The molecule has 0 aliphatic heterocycles. The number of rotatable bonds is 9. The molecule has 3 aromatic rings. The Balaban J connectivity index is 1.53. The van der Waals surface area contributed by atoms with Gasteiger partial charge >= 0.3 is 5.97 Å². The van der Waals surface area contributed by atoms with E-state index in [0.717, 1.165) is 10.6 Å². The predicted molar refractivity (Wildman–Crippen MR) is 116 cm³/mol. The fraction of sp³-hybridized carbons (Fsp3) is 0.227. The number of ether oxygens (including phenoxy) is 4. The first-order chi connectivity index (χ1) is 15.0. The van der Waals surface area contributed by atoms with Crippen LogP contribution in [-0.4, -0.2) is 44.7 Å². The second-order valence-electron chi connectivity index (χ2n) is 6.26. The van der Waals surface area contributed by atoms with Crippen molar-refractivity contribution < 1.29 is 28.5 Å². The van der Waals surface area contributed by atoms with Crippen LogP contribution in [0.3, 0.4) is 0 Å². The Hall–Kier alpha value is -3.59. The SMILES string of the molecule is COc1ccc(C(=O)NCC(=O)OCc2csc(-c3cccc(OC)c3OC)n2)cc1. The van der Waals surface area contributed by atoms with Crippen LogP contribution in [0.5, 0.6) is 17.2 Å². The lowest BCUT2D eigenvalue weighted by Crippen LogP contribution is -2.30. The van der Waals surface area contributed by atoms with E-state index in [2.05, 4.69) is 10.3 Å². The Morgan fingerprint density at radius 2 is 1.77 bits per heavy atom. The molecule has 0 bridgehead atoms. The lowest BCUT2D eigenvalue weighted by Gasteiger charge is -2.10. The zero-order valence-electron chi connectivity index (χ0n) is 17.3. The average Bonchev–Trinajstić information content (AvgIpc) is 3.29. The van der Waals surface area contributed by atoms with Crippen molar-refractivity contribution in [2.24, 2.45) is 0 Å². The van der Waals surface area contributed by atoms with Gasteiger partial charge in [-0.2, -0.15) is 0 Å². The number of esters is 1. The maximum atomic E-state index is 12.1. The number of benzene rings is 2. The van der Waals surface area contributed by atoms with E-state index in [1.165, 1.54) is 11.3 Å². The van der Waals surface area contributed by atoms with Gasteiger partial charge in [0.15, 0.2) is 11.5 Å². The maximum absolute atomic E-state index is 12.1. The van der Waals surface area contributed by atoms with Crippen LogP contribution in [0.4, 0.5) is 0 Å². The number of carbonyl (C=O) groups excluding carboxylic acids is 2. The standard InChI is InChI=1S/C22H22N2O6S/c1-27-16-9-7-14(8-10-16)21(26)23-11-19(25)30-12-15-13-31-22(24-15)17-5-4-6-18(28-2)20(17)29-3/h4-10,13H,11-12H2,1-3H3,(H,23,26). The number of carbonyl (C=O) groups is 2. The van der Waals surface area contributed by atoms with Crippen molar-refractivity contribution in [2.75, 3.05) is 27.9 Å². The molecule has 0 aliphatic carbocycles. The fourth-order valence-corrected chi connectivity index (χ4v) is 3.58. The van der Waals surface area contributed by atoms with Gasteiger partial charge in [-0.15, -0.1) is 11.3 Å². The molecule has 1 heterocycles. The number of hydrogen-bond acceptors (Lipinski definition) is 8. The van der Waals surface area contributed by atoms with Gasteiger partial charge in [-0.05, 0) is 36.4 Å². The van der Waals surface area contributed by atoms with Gasteiger partial charge < -0.3 is 24.3 Å². The summed E-state index contributed by atoms with van der Waals surface area (Å²) in [4.78, 5) is 28.6. The van der Waals surface area contributed by atoms with Gasteiger partial charge in [0, 0.05) is 10.9 Å². The van der Waals surface area contributed by atoms with Crippen LogP contribution in [0.1, 0.15) is 16.1 Å². The van der Waals surface area contributed by atoms with E-state index in [1.807, 2.05) is 12.1 Å². The molecule has 1 N–H and O–H groups in total. The van der Waals surface area contributed by atoms with Crippen molar-refractivity contribution in [3.05, 3.63) is 59.1 Å². The second kappa shape index (κ2) is 10.4. The molecule has 0 fully saturated rings. The molecule has 8 nitrogen and oxygen atoms in total. The molecular formula is C22H22N2O6S. The predicted octanol–water partition coefficient (Wildman–Crippen LogP) is 3.31. The topological polar surface area (TPSA) is 96.0 Å². The summed E-state index contributed by atoms with van der Waals surface area (Å²) < 4.78 is 21.0. The van der Waals surface area contributed by atoms with Gasteiger partial charge in [0.25, 0.3) is 5.91 Å². The number of aromatic nitrogens is 1. The van der Waals surface area contributed by atoms with Crippen LogP contribution in [0.25, 0.3) is 10.6 Å². The molecule has 3 rings (SSSR count). The third kappa shape index (κ3) is 5.52. The fourth-order valence-electron chi connectivity index (χ4n) is 2.75. The third-order valence-corrected chi connectivity index (χ3v) is 5.24. The minimum atomic E-state index is -0.560. The molecule has 0 spiro atoms. The molecular weight excluding hydrogens is 420 g/mol. The zero-order chi connectivity index (χ0) is 22.2. The minimum absolute atomic E-state index is 0.0000234. The Bertz CT molecular complexity index is 1050. The average molecular weight is 442 g/mol. The molecule has 162 valence electrons. The van der Waals surface area contributed by atoms with Crippen molar-refractivity contribution in [3.8, 4) is 27.8 Å². The van der Waals surface area contributed by atoms with E-state index in [9.17, 15) is 9.59 Å². The van der Waals surface area contributed by atoms with Crippen LogP contribution < -0.4 is 19.5 Å². The lowest BCUT2D eigenvalue weighted by molar-refractivity contribution is -0.143. The molecule has 9 heteroatoms. The molecule has 31 heavy (non-hydrogen) atoms. The number of amides is 1. The Morgan fingerprint density at radius 1 is 1.00 bits per heavy atom. The molecule has 0 radical (unpaired) electrons. The number of nitrogens with one attached hydrogen (secondary N) is 1. The first-order valence-corrected chi connectivity index (χ1v) is 10.2. The Kier molecular flexibility index (Phi) is 7.45. The Labute approximate surface area is 183 Å². The number of nitrogens with zero attached hydrogens (tertiary/aromatic N) is 1. The monoisotopic (exact) mass is 442 g/mol. The summed E-state index contributed by atoms with van der Waals surface area (Å²) >= 11 is 1.40.